The lowest BCUT2D eigenvalue weighted by Crippen LogP contribution is -2.42. The first-order valence-corrected chi connectivity index (χ1v) is 6.50. The Balaban J connectivity index is 2.50. The van der Waals surface area contributed by atoms with E-state index >= 15 is 0 Å². The Labute approximate surface area is 106 Å². The van der Waals surface area contributed by atoms with Gasteiger partial charge >= 0.3 is 6.18 Å². The van der Waals surface area contributed by atoms with Crippen molar-refractivity contribution in [1.82, 2.24) is 10.2 Å². The quantitative estimate of drug-likeness (QED) is 0.800. The highest BCUT2D eigenvalue weighted by atomic mass is 19.4. The van der Waals surface area contributed by atoms with Gasteiger partial charge in [0.1, 0.15) is 6.42 Å². The van der Waals surface area contributed by atoms with Crippen LogP contribution in [0.4, 0.5) is 13.2 Å². The van der Waals surface area contributed by atoms with Crippen molar-refractivity contribution in [3.05, 3.63) is 0 Å². The lowest BCUT2D eigenvalue weighted by Gasteiger charge is -2.26. The number of hydrogen-bond acceptors (Lipinski definition) is 2. The van der Waals surface area contributed by atoms with Crippen molar-refractivity contribution in [3.63, 3.8) is 0 Å². The van der Waals surface area contributed by atoms with Crippen LogP contribution in [0.1, 0.15) is 39.0 Å². The van der Waals surface area contributed by atoms with Gasteiger partial charge in [0, 0.05) is 19.1 Å². The number of unbranched alkanes of at least 4 members (excludes halogenated alkanes) is 1. The van der Waals surface area contributed by atoms with Gasteiger partial charge in [0.05, 0.1) is 0 Å². The summed E-state index contributed by atoms with van der Waals surface area (Å²) in [5.41, 5.74) is 0. The van der Waals surface area contributed by atoms with Gasteiger partial charge in [-0.15, -0.1) is 0 Å². The van der Waals surface area contributed by atoms with Gasteiger partial charge in [-0.2, -0.15) is 13.2 Å². The Morgan fingerprint density at radius 1 is 1.44 bits per heavy atom. The standard InChI is InChI=1S/C12H21F3N2O/c1-2-3-7-17(9-10-5-4-6-16-10)11(18)8-12(13,14)15/h10,16H,2-9H2,1H3. The molecule has 0 spiro atoms. The second kappa shape index (κ2) is 6.97. The van der Waals surface area contributed by atoms with Gasteiger partial charge in [0.2, 0.25) is 5.91 Å². The minimum absolute atomic E-state index is 0.152. The van der Waals surface area contributed by atoms with E-state index in [9.17, 15) is 18.0 Å². The first-order chi connectivity index (χ1) is 8.42. The topological polar surface area (TPSA) is 32.3 Å². The molecule has 106 valence electrons. The highest BCUT2D eigenvalue weighted by molar-refractivity contribution is 5.76. The molecule has 0 bridgehead atoms. The first-order valence-electron chi connectivity index (χ1n) is 6.50. The Bertz CT molecular complexity index is 263. The molecule has 1 N–H and O–H groups in total. The molecule has 1 amide bonds. The van der Waals surface area contributed by atoms with Crippen molar-refractivity contribution in [2.24, 2.45) is 0 Å². The van der Waals surface area contributed by atoms with Crippen molar-refractivity contribution in [3.8, 4) is 0 Å². The SMILES string of the molecule is CCCCN(CC1CCCN1)C(=O)CC(F)(F)F. The third-order valence-corrected chi connectivity index (χ3v) is 3.09. The summed E-state index contributed by atoms with van der Waals surface area (Å²) in [6, 6.07) is 0.152. The summed E-state index contributed by atoms with van der Waals surface area (Å²) in [5.74, 6) is -0.801. The fraction of sp³-hybridized carbons (Fsp3) is 0.917. The van der Waals surface area contributed by atoms with E-state index in [2.05, 4.69) is 5.32 Å². The van der Waals surface area contributed by atoms with Crippen LogP contribution in [0.25, 0.3) is 0 Å². The second-order valence-corrected chi connectivity index (χ2v) is 4.78. The van der Waals surface area contributed by atoms with Crippen molar-refractivity contribution in [2.75, 3.05) is 19.6 Å². The molecule has 6 heteroatoms. The zero-order chi connectivity index (χ0) is 13.6. The summed E-state index contributed by atoms with van der Waals surface area (Å²) in [4.78, 5) is 13.0. The Kier molecular flexibility index (Phi) is 5.91. The number of halogens is 3. The van der Waals surface area contributed by atoms with Gasteiger partial charge in [0.15, 0.2) is 0 Å². The molecule has 1 heterocycles. The molecular formula is C12H21F3N2O. The third-order valence-electron chi connectivity index (χ3n) is 3.09. The molecule has 1 saturated heterocycles. The van der Waals surface area contributed by atoms with Gasteiger partial charge in [-0.25, -0.2) is 0 Å². The number of hydrogen-bond donors (Lipinski definition) is 1. The largest absolute Gasteiger partial charge is 0.397 e. The fourth-order valence-corrected chi connectivity index (χ4v) is 2.13. The lowest BCUT2D eigenvalue weighted by molar-refractivity contribution is -0.161. The van der Waals surface area contributed by atoms with Crippen molar-refractivity contribution in [1.29, 1.82) is 0 Å². The zero-order valence-electron chi connectivity index (χ0n) is 10.7. The van der Waals surface area contributed by atoms with Gasteiger partial charge in [-0.3, -0.25) is 4.79 Å². The number of alkyl halides is 3. The monoisotopic (exact) mass is 266 g/mol. The van der Waals surface area contributed by atoms with E-state index in [0.717, 1.165) is 32.2 Å². The van der Waals surface area contributed by atoms with Crippen LogP contribution in [0.3, 0.4) is 0 Å². The van der Waals surface area contributed by atoms with Crippen LogP contribution in [-0.2, 0) is 4.79 Å². The van der Waals surface area contributed by atoms with Crippen molar-refractivity contribution in [2.45, 2.75) is 51.2 Å². The van der Waals surface area contributed by atoms with Crippen LogP contribution in [0.2, 0.25) is 0 Å². The molecular weight excluding hydrogens is 245 g/mol. The van der Waals surface area contributed by atoms with E-state index in [4.69, 9.17) is 0 Å². The minimum atomic E-state index is -4.41. The molecule has 1 unspecified atom stereocenters. The molecule has 1 fully saturated rings. The number of amides is 1. The molecule has 0 aliphatic carbocycles. The molecule has 0 aromatic carbocycles. The van der Waals surface area contributed by atoms with E-state index in [1.54, 1.807) is 0 Å². The average molecular weight is 266 g/mol. The molecule has 0 aromatic heterocycles. The van der Waals surface area contributed by atoms with Gasteiger partial charge < -0.3 is 10.2 Å². The molecule has 0 saturated carbocycles. The summed E-state index contributed by atoms with van der Waals surface area (Å²) >= 11 is 0. The molecule has 1 aliphatic rings. The summed E-state index contributed by atoms with van der Waals surface area (Å²) in [7, 11) is 0. The van der Waals surface area contributed by atoms with Crippen LogP contribution < -0.4 is 5.32 Å². The van der Waals surface area contributed by atoms with Crippen LogP contribution in [-0.4, -0.2) is 42.7 Å². The van der Waals surface area contributed by atoms with E-state index in [1.807, 2.05) is 6.92 Å². The Morgan fingerprint density at radius 2 is 2.17 bits per heavy atom. The summed E-state index contributed by atoms with van der Waals surface area (Å²) in [5, 5.41) is 3.21. The molecule has 3 nitrogen and oxygen atoms in total. The maximum Gasteiger partial charge on any atom is 0.397 e. The summed E-state index contributed by atoms with van der Waals surface area (Å²) in [6.45, 7) is 3.67. The third kappa shape index (κ3) is 5.71. The highest BCUT2D eigenvalue weighted by Crippen LogP contribution is 2.21. The first kappa shape index (κ1) is 15.3. The minimum Gasteiger partial charge on any atom is -0.341 e. The maximum absolute atomic E-state index is 12.2. The van der Waals surface area contributed by atoms with E-state index in [1.165, 1.54) is 4.90 Å². The number of carbonyl (C=O) groups excluding carboxylic acids is 1. The van der Waals surface area contributed by atoms with Gasteiger partial charge in [-0.1, -0.05) is 13.3 Å². The number of nitrogens with one attached hydrogen (secondary N) is 1. The second-order valence-electron chi connectivity index (χ2n) is 4.78. The van der Waals surface area contributed by atoms with E-state index in [-0.39, 0.29) is 6.04 Å². The number of carbonyl (C=O) groups is 1. The summed E-state index contributed by atoms with van der Waals surface area (Å²) < 4.78 is 36.7. The van der Waals surface area contributed by atoms with E-state index < -0.39 is 18.5 Å². The Hall–Kier alpha value is -0.780. The van der Waals surface area contributed by atoms with Crippen LogP contribution in [0, 0.1) is 0 Å². The van der Waals surface area contributed by atoms with Crippen molar-refractivity contribution < 1.29 is 18.0 Å². The molecule has 1 aliphatic heterocycles. The average Bonchev–Trinajstić information content (AvgIpc) is 2.74. The molecule has 1 atom stereocenters. The maximum atomic E-state index is 12.2. The number of nitrogens with zero attached hydrogens (tertiary/aromatic N) is 1. The predicted octanol–water partition coefficient (Wildman–Crippen LogP) is 2.32. The smallest absolute Gasteiger partial charge is 0.341 e. The molecule has 18 heavy (non-hydrogen) atoms. The summed E-state index contributed by atoms with van der Waals surface area (Å²) in [6.07, 6.45) is -2.18. The van der Waals surface area contributed by atoms with E-state index in [0.29, 0.717) is 13.1 Å². The normalized spacial score (nSPS) is 20.1. The highest BCUT2D eigenvalue weighted by Gasteiger charge is 2.34. The van der Waals surface area contributed by atoms with Crippen LogP contribution in [0.5, 0.6) is 0 Å². The lowest BCUT2D eigenvalue weighted by atomic mass is 10.2. The molecule has 0 radical (unpaired) electrons. The van der Waals surface area contributed by atoms with Gasteiger partial charge in [0.25, 0.3) is 0 Å². The predicted molar refractivity (Wildman–Crippen MR) is 63.2 cm³/mol. The van der Waals surface area contributed by atoms with Crippen LogP contribution >= 0.6 is 0 Å². The zero-order valence-corrected chi connectivity index (χ0v) is 10.7. The van der Waals surface area contributed by atoms with Gasteiger partial charge in [-0.05, 0) is 25.8 Å². The fourth-order valence-electron chi connectivity index (χ4n) is 2.13. The van der Waals surface area contributed by atoms with Crippen molar-refractivity contribution >= 4 is 5.91 Å². The molecule has 0 aromatic rings. The Morgan fingerprint density at radius 3 is 2.67 bits per heavy atom. The number of rotatable bonds is 6. The molecule has 1 rings (SSSR count). The van der Waals surface area contributed by atoms with Crippen LogP contribution in [0.15, 0.2) is 0 Å².